The van der Waals surface area contributed by atoms with Gasteiger partial charge in [0.25, 0.3) is 0 Å². The summed E-state index contributed by atoms with van der Waals surface area (Å²) in [7, 11) is -7.70. The predicted molar refractivity (Wildman–Crippen MR) is 186 cm³/mol. The molecule has 0 spiro atoms. The van der Waals surface area contributed by atoms with Crippen LogP contribution in [-0.2, 0) is 25.9 Å². The van der Waals surface area contributed by atoms with Crippen LogP contribution in [0.15, 0.2) is 125 Å². The number of hydrogen-bond donors (Lipinski definition) is 1. The molecule has 0 bridgehead atoms. The number of sulfone groups is 2. The van der Waals surface area contributed by atoms with E-state index < -0.39 is 42.1 Å². The van der Waals surface area contributed by atoms with Crippen LogP contribution in [0.1, 0.15) is 66.7 Å². The number of H-pyrrole nitrogens is 1. The Bertz CT molecular complexity index is 2220. The number of allylic oxidation sites excluding steroid dienone is 1. The number of aromatic nitrogens is 1. The summed E-state index contributed by atoms with van der Waals surface area (Å²) in [6.45, 7) is 1.68. The van der Waals surface area contributed by atoms with Crippen LogP contribution in [-0.4, -0.2) is 31.8 Å². The second-order valence-corrected chi connectivity index (χ2v) is 18.1. The molecule has 10 heteroatoms. The van der Waals surface area contributed by atoms with Crippen LogP contribution >= 0.6 is 0 Å². The van der Waals surface area contributed by atoms with Gasteiger partial charge in [0.05, 0.1) is 25.4 Å². The summed E-state index contributed by atoms with van der Waals surface area (Å²) in [6.07, 6.45) is 5.26. The number of fused-ring (bicyclic) bond motifs is 5. The SMILES string of the molecule is CC1(S(=O)(=O)c2cccc(C(F)(F)F)c2)CC(c2ccc(S(=O)(=O)C3CC3)cc2)CC2C=Cc3c(ccc4ccccc34)C21.c1cc[nH]c1. The summed E-state index contributed by atoms with van der Waals surface area (Å²) < 4.78 is 94.7. The van der Waals surface area contributed by atoms with Crippen molar-refractivity contribution in [3.63, 3.8) is 0 Å². The molecule has 3 aliphatic carbocycles. The molecule has 4 atom stereocenters. The van der Waals surface area contributed by atoms with Crippen LogP contribution in [0.4, 0.5) is 13.2 Å². The molecule has 2 fully saturated rings. The largest absolute Gasteiger partial charge is 0.416 e. The Hall–Kier alpha value is -4.15. The maximum absolute atomic E-state index is 14.7. The molecule has 0 saturated heterocycles. The molecule has 1 aromatic heterocycles. The van der Waals surface area contributed by atoms with Gasteiger partial charge in [0.2, 0.25) is 0 Å². The third kappa shape index (κ3) is 6.03. The molecule has 0 amide bonds. The van der Waals surface area contributed by atoms with Gasteiger partial charge in [-0.05, 0) is 114 Å². The third-order valence-electron chi connectivity index (χ3n) is 10.4. The zero-order valence-corrected chi connectivity index (χ0v) is 28.4. The molecule has 1 heterocycles. The maximum atomic E-state index is 14.7. The average Bonchev–Trinajstić information content (AvgIpc) is 3.79. The summed E-state index contributed by atoms with van der Waals surface area (Å²) in [6, 6.07) is 26.5. The molecule has 4 unspecified atom stereocenters. The van der Waals surface area contributed by atoms with Crippen molar-refractivity contribution in [3.8, 4) is 0 Å². The van der Waals surface area contributed by atoms with Crippen molar-refractivity contribution in [1.82, 2.24) is 4.98 Å². The first-order valence-corrected chi connectivity index (χ1v) is 19.4. The van der Waals surface area contributed by atoms with Crippen molar-refractivity contribution in [2.24, 2.45) is 5.92 Å². The van der Waals surface area contributed by atoms with Crippen molar-refractivity contribution in [3.05, 3.63) is 138 Å². The van der Waals surface area contributed by atoms with Crippen molar-refractivity contribution < 1.29 is 30.0 Å². The highest BCUT2D eigenvalue weighted by atomic mass is 32.2. The summed E-state index contributed by atoms with van der Waals surface area (Å²) >= 11 is 0. The van der Waals surface area contributed by atoms with Crippen molar-refractivity contribution >= 4 is 36.5 Å². The lowest BCUT2D eigenvalue weighted by molar-refractivity contribution is -0.137. The van der Waals surface area contributed by atoms with E-state index >= 15 is 0 Å². The minimum absolute atomic E-state index is 0.168. The van der Waals surface area contributed by atoms with Crippen LogP contribution in [0.5, 0.6) is 0 Å². The minimum atomic E-state index is -4.69. The Balaban J connectivity index is 0.000000695. The van der Waals surface area contributed by atoms with Gasteiger partial charge >= 0.3 is 6.18 Å². The molecule has 5 nitrogen and oxygen atoms in total. The summed E-state index contributed by atoms with van der Waals surface area (Å²) in [5.74, 6) is -0.966. The third-order valence-corrected chi connectivity index (χ3v) is 15.2. The number of alkyl halides is 3. The lowest BCUT2D eigenvalue weighted by atomic mass is 9.61. The van der Waals surface area contributed by atoms with E-state index in [1.807, 2.05) is 67.0 Å². The standard InChI is InChI=1S/C35H31F3O4S2.C4H5N/c1-34(44(41,42)29-7-4-6-26(20-29)35(36,37)38)21-25(22-9-13-27(14-10-22)43(39,40)28-15-16-28)19-24-12-17-31-30-8-3-2-5-23(30)11-18-32(31)33(24)34;1-2-4-5-3-1/h2-14,17-18,20,24-25,28,33H,15-16,19,21H2,1H3;1-5H. The average molecular weight is 704 g/mol. The fourth-order valence-corrected chi connectivity index (χ4v) is 11.6. The van der Waals surface area contributed by atoms with Crippen molar-refractivity contribution in [2.45, 2.75) is 70.4 Å². The van der Waals surface area contributed by atoms with E-state index in [4.69, 9.17) is 0 Å². The van der Waals surface area contributed by atoms with Gasteiger partial charge in [-0.3, -0.25) is 0 Å². The predicted octanol–water partition coefficient (Wildman–Crippen LogP) is 9.35. The van der Waals surface area contributed by atoms with Crippen molar-refractivity contribution in [1.29, 1.82) is 0 Å². The highest BCUT2D eigenvalue weighted by Gasteiger charge is 2.55. The molecule has 254 valence electrons. The Morgan fingerprint density at radius 3 is 2.16 bits per heavy atom. The number of halogens is 3. The molecule has 5 aromatic rings. The second kappa shape index (κ2) is 12.3. The number of hydrogen-bond acceptors (Lipinski definition) is 4. The topological polar surface area (TPSA) is 84.1 Å². The van der Waals surface area contributed by atoms with Crippen LogP contribution in [0.2, 0.25) is 0 Å². The Morgan fingerprint density at radius 1 is 0.796 bits per heavy atom. The summed E-state index contributed by atoms with van der Waals surface area (Å²) in [5.41, 5.74) is 1.62. The van der Waals surface area contributed by atoms with Gasteiger partial charge in [0, 0.05) is 18.3 Å². The van der Waals surface area contributed by atoms with E-state index in [-0.39, 0.29) is 33.3 Å². The van der Waals surface area contributed by atoms with Gasteiger partial charge in [-0.15, -0.1) is 0 Å². The lowest BCUT2D eigenvalue weighted by Gasteiger charge is -2.50. The summed E-state index contributed by atoms with van der Waals surface area (Å²) in [4.78, 5) is 2.77. The smallest absolute Gasteiger partial charge is 0.368 e. The Kier molecular flexibility index (Phi) is 8.38. The number of benzene rings is 4. The lowest BCUT2D eigenvalue weighted by Crippen LogP contribution is -2.49. The molecule has 8 rings (SSSR count). The number of aromatic amines is 1. The zero-order valence-electron chi connectivity index (χ0n) is 26.8. The first kappa shape index (κ1) is 33.4. The van der Waals surface area contributed by atoms with Gasteiger partial charge in [-0.25, -0.2) is 16.8 Å². The molecule has 2 saturated carbocycles. The number of rotatable bonds is 5. The maximum Gasteiger partial charge on any atom is 0.416 e. The molecule has 1 N–H and O–H groups in total. The first-order valence-electron chi connectivity index (χ1n) is 16.3. The van der Waals surface area contributed by atoms with E-state index in [9.17, 15) is 30.0 Å². The van der Waals surface area contributed by atoms with Crippen LogP contribution in [0.25, 0.3) is 16.8 Å². The Labute approximate surface area is 284 Å². The fraction of sp³-hybridized carbons (Fsp3) is 0.282. The van der Waals surface area contributed by atoms with Gasteiger partial charge in [0.15, 0.2) is 19.7 Å². The minimum Gasteiger partial charge on any atom is -0.368 e. The van der Waals surface area contributed by atoms with Gasteiger partial charge in [-0.2, -0.15) is 13.2 Å². The highest BCUT2D eigenvalue weighted by Crippen LogP contribution is 2.58. The number of nitrogens with one attached hydrogen (secondary N) is 1. The quantitative estimate of drug-likeness (QED) is 0.198. The van der Waals surface area contributed by atoms with E-state index in [0.29, 0.717) is 19.3 Å². The van der Waals surface area contributed by atoms with E-state index in [2.05, 4.69) is 11.1 Å². The normalized spacial score (nSPS) is 23.6. The van der Waals surface area contributed by atoms with Gasteiger partial charge in [-0.1, -0.05) is 66.7 Å². The second-order valence-electron chi connectivity index (χ2n) is 13.5. The van der Waals surface area contributed by atoms with E-state index in [0.717, 1.165) is 45.7 Å². The highest BCUT2D eigenvalue weighted by molar-refractivity contribution is 7.93. The van der Waals surface area contributed by atoms with Gasteiger partial charge in [0.1, 0.15) is 0 Å². The molecule has 4 aromatic carbocycles. The van der Waals surface area contributed by atoms with Crippen LogP contribution in [0.3, 0.4) is 0 Å². The van der Waals surface area contributed by atoms with E-state index in [1.165, 1.54) is 6.07 Å². The molecule has 3 aliphatic rings. The van der Waals surface area contributed by atoms with Crippen LogP contribution in [0, 0.1) is 5.92 Å². The molecule has 0 radical (unpaired) electrons. The molecular weight excluding hydrogens is 668 g/mol. The van der Waals surface area contributed by atoms with Crippen LogP contribution < -0.4 is 0 Å². The van der Waals surface area contributed by atoms with Gasteiger partial charge < -0.3 is 4.98 Å². The molecular formula is C39H36F3NO4S2. The first-order chi connectivity index (χ1) is 23.3. The molecule has 49 heavy (non-hydrogen) atoms. The summed E-state index contributed by atoms with van der Waals surface area (Å²) in [5, 5.41) is 1.67. The monoisotopic (exact) mass is 703 g/mol. The van der Waals surface area contributed by atoms with Crippen molar-refractivity contribution in [2.75, 3.05) is 0 Å². The zero-order chi connectivity index (χ0) is 34.6. The Morgan fingerprint density at radius 2 is 1.51 bits per heavy atom. The van der Waals surface area contributed by atoms with E-state index in [1.54, 1.807) is 31.2 Å². The fourth-order valence-electron chi connectivity index (χ4n) is 7.77. The molecule has 0 aliphatic heterocycles.